The molecule has 20 heavy (non-hydrogen) atoms. The molecule has 4 heteroatoms. The van der Waals surface area contributed by atoms with Crippen LogP contribution in [0.15, 0.2) is 30.3 Å². The number of likely N-dealkylation sites (N-methyl/N-ethyl adjacent to an activating group) is 1. The van der Waals surface area contributed by atoms with Gasteiger partial charge >= 0.3 is 0 Å². The number of nitrogens with two attached hydrogens (primary N) is 1. The molecule has 1 amide bonds. The fourth-order valence-electron chi connectivity index (χ4n) is 2.77. The van der Waals surface area contributed by atoms with Crippen LogP contribution in [0.4, 0.5) is 5.69 Å². The van der Waals surface area contributed by atoms with Crippen molar-refractivity contribution in [1.29, 1.82) is 0 Å². The number of benzene rings is 1. The number of nitrogens with one attached hydrogen (secondary N) is 1. The van der Waals surface area contributed by atoms with Crippen LogP contribution >= 0.6 is 0 Å². The molecular weight excluding hydrogens is 250 g/mol. The first-order chi connectivity index (χ1) is 9.68. The Bertz CT molecular complexity index is 421. The lowest BCUT2D eigenvalue weighted by Gasteiger charge is -2.28. The third-order valence-electron chi connectivity index (χ3n) is 4.10. The van der Waals surface area contributed by atoms with Crippen LogP contribution in [0.3, 0.4) is 0 Å². The Morgan fingerprint density at radius 3 is 2.70 bits per heavy atom. The maximum atomic E-state index is 12.1. The molecule has 3 N–H and O–H groups in total. The highest BCUT2D eigenvalue weighted by atomic mass is 16.1. The van der Waals surface area contributed by atoms with E-state index in [0.717, 1.165) is 37.9 Å². The number of hydrogen-bond donors (Lipinski definition) is 2. The summed E-state index contributed by atoms with van der Waals surface area (Å²) in [7, 11) is 2.04. The highest BCUT2D eigenvalue weighted by Gasteiger charge is 2.27. The highest BCUT2D eigenvalue weighted by molar-refractivity contribution is 5.79. The van der Waals surface area contributed by atoms with E-state index in [1.807, 2.05) is 25.2 Å². The lowest BCUT2D eigenvalue weighted by atomic mass is 9.84. The molecule has 110 valence electrons. The van der Waals surface area contributed by atoms with Crippen molar-refractivity contribution in [2.45, 2.75) is 31.7 Å². The summed E-state index contributed by atoms with van der Waals surface area (Å²) in [5.41, 5.74) is 7.19. The van der Waals surface area contributed by atoms with Crippen LogP contribution in [0.2, 0.25) is 0 Å². The normalized spacial score (nSPS) is 22.3. The summed E-state index contributed by atoms with van der Waals surface area (Å²) in [6.07, 6.45) is 4.18. The van der Waals surface area contributed by atoms with Crippen molar-refractivity contribution in [2.24, 2.45) is 11.7 Å². The number of rotatable bonds is 5. The van der Waals surface area contributed by atoms with E-state index in [-0.39, 0.29) is 17.9 Å². The maximum Gasteiger partial charge on any atom is 0.224 e. The van der Waals surface area contributed by atoms with Gasteiger partial charge in [-0.1, -0.05) is 31.0 Å². The second kappa shape index (κ2) is 7.29. The predicted octanol–water partition coefficient (Wildman–Crippen LogP) is 1.76. The highest BCUT2D eigenvalue weighted by Crippen LogP contribution is 2.22. The van der Waals surface area contributed by atoms with Gasteiger partial charge in [-0.25, -0.2) is 0 Å². The van der Waals surface area contributed by atoms with Crippen LogP contribution in [0.1, 0.15) is 25.7 Å². The average Bonchev–Trinajstić information content (AvgIpc) is 2.48. The predicted molar refractivity (Wildman–Crippen MR) is 82.7 cm³/mol. The van der Waals surface area contributed by atoms with Gasteiger partial charge in [0.2, 0.25) is 5.91 Å². The van der Waals surface area contributed by atoms with E-state index in [9.17, 15) is 4.79 Å². The van der Waals surface area contributed by atoms with Gasteiger partial charge in [-0.3, -0.25) is 4.79 Å². The maximum absolute atomic E-state index is 12.1. The molecule has 0 heterocycles. The first-order valence-corrected chi connectivity index (χ1v) is 7.48. The van der Waals surface area contributed by atoms with E-state index >= 15 is 0 Å². The number of hydrogen-bond acceptors (Lipinski definition) is 3. The second-order valence-electron chi connectivity index (χ2n) is 5.60. The first kappa shape index (κ1) is 14.9. The van der Waals surface area contributed by atoms with Crippen LogP contribution in [0, 0.1) is 5.92 Å². The lowest BCUT2D eigenvalue weighted by Crippen LogP contribution is -2.45. The van der Waals surface area contributed by atoms with Gasteiger partial charge in [0, 0.05) is 31.9 Å². The van der Waals surface area contributed by atoms with Crippen LogP contribution in [-0.2, 0) is 4.79 Å². The molecule has 0 aliphatic heterocycles. The van der Waals surface area contributed by atoms with Crippen LogP contribution in [0.5, 0.6) is 0 Å². The minimum Gasteiger partial charge on any atom is -0.373 e. The van der Waals surface area contributed by atoms with Crippen molar-refractivity contribution < 1.29 is 4.79 Å². The molecule has 1 fully saturated rings. The molecule has 1 aromatic carbocycles. The summed E-state index contributed by atoms with van der Waals surface area (Å²) in [5, 5.41) is 3.02. The smallest absolute Gasteiger partial charge is 0.224 e. The summed E-state index contributed by atoms with van der Waals surface area (Å²) in [6.45, 7) is 1.46. The van der Waals surface area contributed by atoms with Gasteiger partial charge in [-0.05, 0) is 25.0 Å². The molecule has 1 saturated carbocycles. The Morgan fingerprint density at radius 1 is 1.30 bits per heavy atom. The second-order valence-corrected chi connectivity index (χ2v) is 5.60. The SMILES string of the molecule is CN(CCNC(=O)C1CCCCC1N)c1ccccc1. The van der Waals surface area contributed by atoms with E-state index in [4.69, 9.17) is 5.73 Å². The number of para-hydroxylation sites is 1. The van der Waals surface area contributed by atoms with E-state index in [2.05, 4.69) is 22.3 Å². The number of anilines is 1. The summed E-state index contributed by atoms with van der Waals surface area (Å²) in [6, 6.07) is 10.2. The van der Waals surface area contributed by atoms with Crippen molar-refractivity contribution in [2.75, 3.05) is 25.0 Å². The van der Waals surface area contributed by atoms with E-state index in [1.165, 1.54) is 0 Å². The minimum atomic E-state index is 0.00535. The molecule has 2 atom stereocenters. The molecule has 2 rings (SSSR count). The molecule has 1 aromatic rings. The van der Waals surface area contributed by atoms with E-state index < -0.39 is 0 Å². The molecule has 0 aromatic heterocycles. The quantitative estimate of drug-likeness (QED) is 0.861. The topological polar surface area (TPSA) is 58.4 Å². The molecule has 1 aliphatic rings. The van der Waals surface area contributed by atoms with Gasteiger partial charge < -0.3 is 16.0 Å². The Labute approximate surface area is 121 Å². The molecule has 0 spiro atoms. The van der Waals surface area contributed by atoms with Crippen LogP contribution in [-0.4, -0.2) is 32.1 Å². The fourth-order valence-corrected chi connectivity index (χ4v) is 2.77. The Morgan fingerprint density at radius 2 is 2.00 bits per heavy atom. The van der Waals surface area contributed by atoms with Gasteiger partial charge in [0.15, 0.2) is 0 Å². The molecule has 1 aliphatic carbocycles. The zero-order valence-corrected chi connectivity index (χ0v) is 12.2. The van der Waals surface area contributed by atoms with Crippen molar-refractivity contribution in [1.82, 2.24) is 5.32 Å². The molecule has 2 unspecified atom stereocenters. The minimum absolute atomic E-state index is 0.00535. The summed E-state index contributed by atoms with van der Waals surface area (Å²) in [4.78, 5) is 14.3. The number of amides is 1. The van der Waals surface area contributed by atoms with Gasteiger partial charge in [0.1, 0.15) is 0 Å². The third kappa shape index (κ3) is 3.97. The van der Waals surface area contributed by atoms with E-state index in [0.29, 0.717) is 6.54 Å². The number of carbonyl (C=O) groups excluding carboxylic acids is 1. The van der Waals surface area contributed by atoms with Crippen LogP contribution in [0.25, 0.3) is 0 Å². The molecule has 0 radical (unpaired) electrons. The van der Waals surface area contributed by atoms with Crippen molar-refractivity contribution in [3.05, 3.63) is 30.3 Å². The molecular formula is C16H25N3O. The third-order valence-corrected chi connectivity index (χ3v) is 4.10. The van der Waals surface area contributed by atoms with Gasteiger partial charge in [-0.15, -0.1) is 0 Å². The van der Waals surface area contributed by atoms with Gasteiger partial charge in [0.05, 0.1) is 5.92 Å². The van der Waals surface area contributed by atoms with Gasteiger partial charge in [0.25, 0.3) is 0 Å². The lowest BCUT2D eigenvalue weighted by molar-refractivity contribution is -0.126. The zero-order chi connectivity index (χ0) is 14.4. The molecule has 0 bridgehead atoms. The largest absolute Gasteiger partial charge is 0.373 e. The van der Waals surface area contributed by atoms with E-state index in [1.54, 1.807) is 0 Å². The monoisotopic (exact) mass is 275 g/mol. The molecule has 4 nitrogen and oxygen atoms in total. The standard InChI is InChI=1S/C16H25N3O/c1-19(13-7-3-2-4-8-13)12-11-18-16(20)14-9-5-6-10-15(14)17/h2-4,7-8,14-15H,5-6,9-12,17H2,1H3,(H,18,20). The summed E-state index contributed by atoms with van der Waals surface area (Å²) in [5.74, 6) is 0.129. The van der Waals surface area contributed by atoms with Crippen molar-refractivity contribution in [3.8, 4) is 0 Å². The Kier molecular flexibility index (Phi) is 5.41. The van der Waals surface area contributed by atoms with Crippen LogP contribution < -0.4 is 16.0 Å². The summed E-state index contributed by atoms with van der Waals surface area (Å²) >= 11 is 0. The Hall–Kier alpha value is -1.55. The van der Waals surface area contributed by atoms with Crippen molar-refractivity contribution >= 4 is 11.6 Å². The van der Waals surface area contributed by atoms with Gasteiger partial charge in [-0.2, -0.15) is 0 Å². The summed E-state index contributed by atoms with van der Waals surface area (Å²) < 4.78 is 0. The van der Waals surface area contributed by atoms with Crippen molar-refractivity contribution in [3.63, 3.8) is 0 Å². The fraction of sp³-hybridized carbons (Fsp3) is 0.562. The Balaban J connectivity index is 1.74. The number of nitrogens with zero attached hydrogens (tertiary/aromatic N) is 1. The zero-order valence-electron chi connectivity index (χ0n) is 12.2. The molecule has 0 saturated heterocycles. The first-order valence-electron chi connectivity index (χ1n) is 7.48. The average molecular weight is 275 g/mol. The number of carbonyl (C=O) groups is 1.